The molecule has 1 aromatic carbocycles. The fraction of sp³-hybridized carbons (Fsp3) is 0.522. The highest BCUT2D eigenvalue weighted by Gasteiger charge is 2.50. The number of alkyl halides is 3. The number of benzene rings is 1. The van der Waals surface area contributed by atoms with E-state index in [9.17, 15) is 28.5 Å². The van der Waals surface area contributed by atoms with E-state index in [2.05, 4.69) is 25.6 Å². The molecule has 35 heavy (non-hydrogen) atoms. The van der Waals surface area contributed by atoms with Gasteiger partial charge in [0.05, 0.1) is 21.5 Å². The number of nitrogens with one attached hydrogen (secondary N) is 2. The summed E-state index contributed by atoms with van der Waals surface area (Å²) < 4.78 is 41.8. The number of nitrogens with zero attached hydrogens (tertiary/aromatic N) is 3. The fourth-order valence-electron chi connectivity index (χ4n) is 4.63. The number of fused-ring (bicyclic) bond motifs is 1. The minimum Gasteiger partial charge on any atom is -0.396 e. The third kappa shape index (κ3) is 4.67. The molecule has 0 aliphatic heterocycles. The summed E-state index contributed by atoms with van der Waals surface area (Å²) in [6, 6.07) is 5.70. The smallest absolute Gasteiger partial charge is 0.396 e. The van der Waals surface area contributed by atoms with Crippen LogP contribution >= 0.6 is 11.3 Å². The van der Waals surface area contributed by atoms with Gasteiger partial charge in [-0.15, -0.1) is 11.3 Å². The zero-order chi connectivity index (χ0) is 25.0. The predicted molar refractivity (Wildman–Crippen MR) is 126 cm³/mol. The Bertz CT molecular complexity index is 1200. The number of para-hydroxylation sites is 1. The van der Waals surface area contributed by atoms with Crippen molar-refractivity contribution in [2.75, 3.05) is 17.2 Å². The minimum absolute atomic E-state index is 0.0657. The van der Waals surface area contributed by atoms with Crippen LogP contribution in [0, 0.1) is 18.8 Å². The summed E-state index contributed by atoms with van der Waals surface area (Å²) in [6.07, 6.45) is -4.33. The van der Waals surface area contributed by atoms with Crippen LogP contribution in [0.2, 0.25) is 0 Å². The summed E-state index contributed by atoms with van der Waals surface area (Å²) in [5.74, 6) is -1.23. The van der Waals surface area contributed by atoms with Crippen molar-refractivity contribution in [1.29, 1.82) is 0 Å². The number of halogens is 3. The molecule has 2 aliphatic carbocycles. The Kier molecular flexibility index (Phi) is 6.10. The van der Waals surface area contributed by atoms with E-state index in [0.717, 1.165) is 10.2 Å². The second kappa shape index (κ2) is 8.84. The number of hydrogen-bond donors (Lipinski definition) is 5. The van der Waals surface area contributed by atoms with Gasteiger partial charge in [0.1, 0.15) is 23.0 Å². The Balaban J connectivity index is 1.58. The lowest BCUT2D eigenvalue weighted by Gasteiger charge is -2.31. The van der Waals surface area contributed by atoms with Gasteiger partial charge in [-0.2, -0.15) is 18.2 Å². The van der Waals surface area contributed by atoms with E-state index in [-0.39, 0.29) is 24.8 Å². The highest BCUT2D eigenvalue weighted by molar-refractivity contribution is 7.21. The number of aliphatic hydroxyl groups is 3. The van der Waals surface area contributed by atoms with Crippen molar-refractivity contribution in [2.45, 2.75) is 56.7 Å². The molecule has 8 nitrogen and oxygen atoms in total. The van der Waals surface area contributed by atoms with Gasteiger partial charge in [0, 0.05) is 12.5 Å². The van der Waals surface area contributed by atoms with E-state index in [1.807, 2.05) is 24.3 Å². The molecule has 2 aromatic heterocycles. The molecule has 5 N–H and O–H groups in total. The Hall–Kier alpha value is -2.54. The lowest BCUT2D eigenvalue weighted by Crippen LogP contribution is -2.48. The molecule has 12 heteroatoms. The standard InChI is InChI=1S/C23H26F3N5O3S/c1-11-16(20-28-14-4-2-3-5-15(14)35-20)19(31-22(34)9-8-13(10-32)18(22)33)30-21(27-11)29-17(12-6-7-12)23(24,25)26/h2-5,12-13,17-18,32-34H,6-10H2,1H3,(H2,27,29,30,31)/t13-,17+,18-,22-/m1/s1. The molecule has 4 atom stereocenters. The Morgan fingerprint density at radius 3 is 2.54 bits per heavy atom. The van der Waals surface area contributed by atoms with E-state index in [1.54, 1.807) is 6.92 Å². The first-order valence-corrected chi connectivity index (χ1v) is 12.3. The molecule has 0 unspecified atom stereocenters. The van der Waals surface area contributed by atoms with E-state index >= 15 is 0 Å². The zero-order valence-corrected chi connectivity index (χ0v) is 19.7. The monoisotopic (exact) mass is 509 g/mol. The maximum absolute atomic E-state index is 13.6. The highest BCUT2D eigenvalue weighted by atomic mass is 32.1. The summed E-state index contributed by atoms with van der Waals surface area (Å²) in [4.78, 5) is 13.3. The van der Waals surface area contributed by atoms with Gasteiger partial charge in [0.2, 0.25) is 5.95 Å². The number of thiazole rings is 1. The summed E-state index contributed by atoms with van der Waals surface area (Å²) >= 11 is 1.36. The molecule has 2 fully saturated rings. The first-order valence-electron chi connectivity index (χ1n) is 11.5. The van der Waals surface area contributed by atoms with E-state index < -0.39 is 35.9 Å². The van der Waals surface area contributed by atoms with Gasteiger partial charge in [-0.3, -0.25) is 0 Å². The largest absolute Gasteiger partial charge is 0.408 e. The van der Waals surface area contributed by atoms with Crippen molar-refractivity contribution in [3.63, 3.8) is 0 Å². The predicted octanol–water partition coefficient (Wildman–Crippen LogP) is 3.68. The molecule has 0 radical (unpaired) electrons. The van der Waals surface area contributed by atoms with Crippen molar-refractivity contribution in [2.24, 2.45) is 11.8 Å². The fourth-order valence-corrected chi connectivity index (χ4v) is 5.70. The van der Waals surface area contributed by atoms with Crippen LogP contribution in [0.3, 0.4) is 0 Å². The molecular weight excluding hydrogens is 483 g/mol. The number of rotatable bonds is 7. The maximum Gasteiger partial charge on any atom is 0.408 e. The van der Waals surface area contributed by atoms with Gasteiger partial charge in [-0.05, 0) is 50.7 Å². The molecule has 2 heterocycles. The third-order valence-electron chi connectivity index (χ3n) is 6.73. The summed E-state index contributed by atoms with van der Waals surface area (Å²) in [7, 11) is 0. The summed E-state index contributed by atoms with van der Waals surface area (Å²) in [5.41, 5.74) is -0.280. The van der Waals surface area contributed by atoms with E-state index in [1.165, 1.54) is 11.3 Å². The van der Waals surface area contributed by atoms with Crippen molar-refractivity contribution in [1.82, 2.24) is 15.0 Å². The van der Waals surface area contributed by atoms with Crippen LogP contribution in [0.25, 0.3) is 20.8 Å². The van der Waals surface area contributed by atoms with Gasteiger partial charge < -0.3 is 26.0 Å². The molecule has 188 valence electrons. The molecule has 0 amide bonds. The van der Waals surface area contributed by atoms with E-state index in [4.69, 9.17) is 0 Å². The van der Waals surface area contributed by atoms with Gasteiger partial charge in [0.25, 0.3) is 0 Å². The minimum atomic E-state index is -4.47. The first kappa shape index (κ1) is 24.2. The molecule has 3 aromatic rings. The molecular formula is C23H26F3N5O3S. The van der Waals surface area contributed by atoms with Crippen LogP contribution in [0.1, 0.15) is 31.4 Å². The van der Waals surface area contributed by atoms with Crippen LogP contribution in [-0.2, 0) is 0 Å². The molecule has 0 saturated heterocycles. The lowest BCUT2D eigenvalue weighted by atomic mass is 10.0. The van der Waals surface area contributed by atoms with Gasteiger partial charge in [0.15, 0.2) is 5.72 Å². The number of aliphatic hydroxyl groups excluding tert-OH is 2. The molecule has 2 saturated carbocycles. The van der Waals surface area contributed by atoms with Crippen molar-refractivity contribution in [3.05, 3.63) is 30.0 Å². The first-order chi connectivity index (χ1) is 16.6. The normalized spacial score (nSPS) is 25.7. The van der Waals surface area contributed by atoms with Crippen LogP contribution in [0.5, 0.6) is 0 Å². The number of anilines is 2. The van der Waals surface area contributed by atoms with Gasteiger partial charge in [-0.1, -0.05) is 12.1 Å². The second-order valence-corrected chi connectivity index (χ2v) is 10.4. The second-order valence-electron chi connectivity index (χ2n) is 9.32. The van der Waals surface area contributed by atoms with Crippen molar-refractivity contribution in [3.8, 4) is 10.6 Å². The Morgan fingerprint density at radius 1 is 1.17 bits per heavy atom. The van der Waals surface area contributed by atoms with Crippen LogP contribution < -0.4 is 10.6 Å². The highest BCUT2D eigenvalue weighted by Crippen LogP contribution is 2.43. The lowest BCUT2D eigenvalue weighted by molar-refractivity contribution is -0.146. The zero-order valence-electron chi connectivity index (χ0n) is 18.9. The van der Waals surface area contributed by atoms with Crippen molar-refractivity contribution >= 4 is 33.3 Å². The van der Waals surface area contributed by atoms with E-state index in [0.29, 0.717) is 35.5 Å². The van der Waals surface area contributed by atoms with Crippen LogP contribution in [0.4, 0.5) is 24.9 Å². The average Bonchev–Trinajstić information content (AvgIpc) is 3.47. The number of hydrogen-bond acceptors (Lipinski definition) is 9. The summed E-state index contributed by atoms with van der Waals surface area (Å²) in [5, 5.41) is 37.2. The molecule has 5 rings (SSSR count). The quantitative estimate of drug-likeness (QED) is 0.306. The van der Waals surface area contributed by atoms with Gasteiger partial charge >= 0.3 is 6.18 Å². The maximum atomic E-state index is 13.6. The summed E-state index contributed by atoms with van der Waals surface area (Å²) in [6.45, 7) is 1.34. The Labute approximate surface area is 203 Å². The molecule has 2 aliphatic rings. The molecule has 0 bridgehead atoms. The third-order valence-corrected chi connectivity index (χ3v) is 7.78. The van der Waals surface area contributed by atoms with Crippen LogP contribution in [0.15, 0.2) is 24.3 Å². The molecule has 0 spiro atoms. The number of aromatic nitrogens is 3. The van der Waals surface area contributed by atoms with Crippen LogP contribution in [-0.4, -0.2) is 60.9 Å². The van der Waals surface area contributed by atoms with Gasteiger partial charge in [-0.25, -0.2) is 9.97 Å². The van der Waals surface area contributed by atoms with Crippen molar-refractivity contribution < 1.29 is 28.5 Å². The Morgan fingerprint density at radius 2 is 1.91 bits per heavy atom. The average molecular weight is 510 g/mol. The number of aryl methyl sites for hydroxylation is 1. The topological polar surface area (TPSA) is 123 Å². The SMILES string of the molecule is Cc1nc(N[C@@H](C2CC2)C(F)(F)F)nc(N[C@@]2(O)CC[C@H](CO)[C@H]2O)c1-c1nc2ccccc2s1.